The molecule has 8 heteroatoms. The molecular formula is C15H11ClFN3O2S. The lowest BCUT2D eigenvalue weighted by molar-refractivity contribution is 0.613. The van der Waals surface area contributed by atoms with Crippen molar-refractivity contribution < 1.29 is 12.8 Å². The van der Waals surface area contributed by atoms with Crippen molar-refractivity contribution in [1.82, 2.24) is 14.5 Å². The highest BCUT2D eigenvalue weighted by atomic mass is 35.5. The van der Waals surface area contributed by atoms with E-state index in [0.717, 1.165) is 0 Å². The number of aromatic nitrogens is 3. The molecule has 0 aliphatic heterocycles. The molecule has 0 radical (unpaired) electrons. The van der Waals surface area contributed by atoms with Gasteiger partial charge in [-0.05, 0) is 23.8 Å². The van der Waals surface area contributed by atoms with Crippen molar-refractivity contribution in [1.29, 1.82) is 0 Å². The van der Waals surface area contributed by atoms with E-state index in [1.165, 1.54) is 18.6 Å². The zero-order valence-electron chi connectivity index (χ0n) is 11.7. The number of halogens is 2. The Morgan fingerprint density at radius 1 is 1.13 bits per heavy atom. The Bertz CT molecular complexity index is 915. The van der Waals surface area contributed by atoms with Gasteiger partial charge in [0, 0.05) is 11.8 Å². The molecule has 5 nitrogen and oxygen atoms in total. The number of hydrogen-bond acceptors (Lipinski definition) is 4. The summed E-state index contributed by atoms with van der Waals surface area (Å²) >= 11 is 6.10. The molecule has 0 atom stereocenters. The number of pyridine rings is 1. The first-order valence-corrected chi connectivity index (χ1v) is 8.35. The Hall–Kier alpha value is -2.25. The quantitative estimate of drug-likeness (QED) is 0.734. The second kappa shape index (κ2) is 6.47. The van der Waals surface area contributed by atoms with Gasteiger partial charge in [-0.3, -0.25) is 4.57 Å². The zero-order valence-corrected chi connectivity index (χ0v) is 13.3. The van der Waals surface area contributed by atoms with Crippen LogP contribution in [0.3, 0.4) is 0 Å². The number of nitrogens with zero attached hydrogens (tertiary/aromatic N) is 3. The smallest absolute Gasteiger partial charge is 0.155 e. The maximum Gasteiger partial charge on any atom is 0.155 e. The van der Waals surface area contributed by atoms with Crippen LogP contribution in [-0.2, 0) is 16.5 Å². The molecule has 0 saturated heterocycles. The number of hydrogen-bond donors (Lipinski definition) is 1. The summed E-state index contributed by atoms with van der Waals surface area (Å²) in [5.74, 6) is -0.0309. The average Bonchev–Trinajstić information content (AvgIpc) is 2.90. The summed E-state index contributed by atoms with van der Waals surface area (Å²) in [5.41, 5.74) is 1.27. The molecule has 1 aromatic carbocycles. The van der Waals surface area contributed by atoms with Crippen LogP contribution in [0.1, 0.15) is 5.56 Å². The fraction of sp³-hybridized carbons (Fsp3) is 0.0667. The second-order valence-electron chi connectivity index (χ2n) is 4.75. The fourth-order valence-electron chi connectivity index (χ4n) is 2.20. The Kier molecular flexibility index (Phi) is 4.40. The lowest BCUT2D eigenvalue weighted by Gasteiger charge is -2.09. The maximum absolute atomic E-state index is 14.0. The van der Waals surface area contributed by atoms with Crippen molar-refractivity contribution in [2.24, 2.45) is 0 Å². The highest BCUT2D eigenvalue weighted by molar-refractivity contribution is 7.71. The first kappa shape index (κ1) is 15.6. The van der Waals surface area contributed by atoms with Gasteiger partial charge in [-0.25, -0.2) is 22.8 Å². The van der Waals surface area contributed by atoms with E-state index in [-0.39, 0.29) is 10.9 Å². The summed E-state index contributed by atoms with van der Waals surface area (Å²) in [6.07, 6.45) is 2.90. The van der Waals surface area contributed by atoms with E-state index in [9.17, 15) is 12.8 Å². The molecule has 118 valence electrons. The van der Waals surface area contributed by atoms with E-state index in [2.05, 4.69) is 9.97 Å². The van der Waals surface area contributed by atoms with Crippen molar-refractivity contribution >= 4 is 22.3 Å². The summed E-state index contributed by atoms with van der Waals surface area (Å²) in [4.78, 5) is 8.21. The summed E-state index contributed by atoms with van der Waals surface area (Å²) < 4.78 is 37.1. The normalized spacial score (nSPS) is 11.1. The van der Waals surface area contributed by atoms with Crippen LogP contribution in [0.15, 0.2) is 48.9 Å². The van der Waals surface area contributed by atoms with Crippen LogP contribution in [0, 0.1) is 5.82 Å². The van der Waals surface area contributed by atoms with Crippen LogP contribution >= 0.6 is 11.6 Å². The Morgan fingerprint density at radius 3 is 2.57 bits per heavy atom. The van der Waals surface area contributed by atoms with Gasteiger partial charge in [0.05, 0.1) is 11.4 Å². The van der Waals surface area contributed by atoms with Gasteiger partial charge >= 0.3 is 0 Å². The minimum Gasteiger partial charge on any atom is -0.281 e. The summed E-state index contributed by atoms with van der Waals surface area (Å²) in [6, 6.07) is 9.51. The van der Waals surface area contributed by atoms with E-state index in [0.29, 0.717) is 22.6 Å². The molecule has 0 saturated carbocycles. The number of thiol groups is 1. The van der Waals surface area contributed by atoms with Crippen LogP contribution in [-0.4, -0.2) is 23.0 Å². The Morgan fingerprint density at radius 2 is 1.91 bits per heavy atom. The standard InChI is InChI=1S/C15H11ClFN3O2S/c16-15-14(11-3-1-2-4-12(11)17)20(9-19-15)13-6-5-10(7-18-13)8-23(21)22/h1-7,9,23H,8H2. The minimum absolute atomic E-state index is 0.0759. The monoisotopic (exact) mass is 351 g/mol. The van der Waals surface area contributed by atoms with Crippen molar-refractivity contribution in [2.45, 2.75) is 5.75 Å². The Labute approximate surface area is 138 Å². The first-order chi connectivity index (χ1) is 11.1. The number of rotatable bonds is 4. The lowest BCUT2D eigenvalue weighted by atomic mass is 10.1. The third-order valence-corrected chi connectivity index (χ3v) is 4.12. The molecule has 0 aliphatic rings. The molecule has 0 bridgehead atoms. The van der Waals surface area contributed by atoms with Gasteiger partial charge in [0.1, 0.15) is 28.7 Å². The van der Waals surface area contributed by atoms with Crippen molar-refractivity contribution in [3.8, 4) is 17.1 Å². The molecule has 0 N–H and O–H groups in total. The Balaban J connectivity index is 2.07. The molecule has 0 spiro atoms. The summed E-state index contributed by atoms with van der Waals surface area (Å²) in [6.45, 7) is 0. The van der Waals surface area contributed by atoms with Gasteiger partial charge in [0.2, 0.25) is 0 Å². The predicted octanol–water partition coefficient (Wildman–Crippen LogP) is 2.84. The van der Waals surface area contributed by atoms with Gasteiger partial charge < -0.3 is 0 Å². The van der Waals surface area contributed by atoms with Crippen LogP contribution in [0.4, 0.5) is 4.39 Å². The molecule has 3 rings (SSSR count). The SMILES string of the molecule is O=[SH](=O)Cc1ccc(-n2cnc(Cl)c2-c2ccccc2F)nc1. The molecule has 0 unspecified atom stereocenters. The highest BCUT2D eigenvalue weighted by Crippen LogP contribution is 2.30. The van der Waals surface area contributed by atoms with E-state index >= 15 is 0 Å². The molecule has 3 aromatic rings. The van der Waals surface area contributed by atoms with E-state index in [4.69, 9.17) is 11.6 Å². The van der Waals surface area contributed by atoms with Crippen LogP contribution in [0.25, 0.3) is 17.1 Å². The minimum atomic E-state index is -2.51. The van der Waals surface area contributed by atoms with Gasteiger partial charge in [-0.2, -0.15) is 0 Å². The third-order valence-electron chi connectivity index (χ3n) is 3.22. The molecule has 0 aliphatic carbocycles. The second-order valence-corrected chi connectivity index (χ2v) is 6.09. The van der Waals surface area contributed by atoms with E-state index in [1.807, 2.05) is 0 Å². The van der Waals surface area contributed by atoms with Crippen LogP contribution < -0.4 is 0 Å². The fourth-order valence-corrected chi connectivity index (χ4v) is 2.92. The van der Waals surface area contributed by atoms with Crippen molar-refractivity contribution in [3.63, 3.8) is 0 Å². The molecule has 0 fully saturated rings. The number of benzene rings is 1. The van der Waals surface area contributed by atoms with Crippen LogP contribution in [0.5, 0.6) is 0 Å². The van der Waals surface area contributed by atoms with Crippen molar-refractivity contribution in [2.75, 3.05) is 0 Å². The third kappa shape index (κ3) is 3.25. The molecule has 23 heavy (non-hydrogen) atoms. The van der Waals surface area contributed by atoms with Gasteiger partial charge in [0.15, 0.2) is 5.15 Å². The predicted molar refractivity (Wildman–Crippen MR) is 85.8 cm³/mol. The largest absolute Gasteiger partial charge is 0.281 e. The van der Waals surface area contributed by atoms with E-state index in [1.54, 1.807) is 34.9 Å². The average molecular weight is 352 g/mol. The number of imidazole rings is 1. The molecule has 2 heterocycles. The van der Waals surface area contributed by atoms with Gasteiger partial charge in [0.25, 0.3) is 0 Å². The lowest BCUT2D eigenvalue weighted by Crippen LogP contribution is -2.00. The van der Waals surface area contributed by atoms with Crippen LogP contribution in [0.2, 0.25) is 5.15 Å². The molecule has 2 aromatic heterocycles. The first-order valence-electron chi connectivity index (χ1n) is 6.61. The van der Waals surface area contributed by atoms with E-state index < -0.39 is 16.5 Å². The van der Waals surface area contributed by atoms with Gasteiger partial charge in [-0.1, -0.05) is 29.8 Å². The molecular weight excluding hydrogens is 341 g/mol. The topological polar surface area (TPSA) is 64.8 Å². The highest BCUT2D eigenvalue weighted by Gasteiger charge is 2.16. The summed E-state index contributed by atoms with van der Waals surface area (Å²) in [7, 11) is -2.51. The molecule has 0 amide bonds. The van der Waals surface area contributed by atoms with Gasteiger partial charge in [-0.15, -0.1) is 0 Å². The zero-order chi connectivity index (χ0) is 16.4. The van der Waals surface area contributed by atoms with Crippen molar-refractivity contribution in [3.05, 3.63) is 65.5 Å². The summed E-state index contributed by atoms with van der Waals surface area (Å²) in [5, 5.41) is 0.156. The maximum atomic E-state index is 14.0.